The fraction of sp³-hybridized carbons (Fsp3) is 0.167. The number of nitrogens with one attached hydrogen (secondary N) is 2. The highest BCUT2D eigenvalue weighted by Crippen LogP contribution is 2.36. The zero-order chi connectivity index (χ0) is 17.8. The minimum atomic E-state index is -0.512. The first-order chi connectivity index (χ1) is 12.6. The van der Waals surface area contributed by atoms with Crippen LogP contribution in [0.5, 0.6) is 0 Å². The predicted molar refractivity (Wildman–Crippen MR) is 96.6 cm³/mol. The van der Waals surface area contributed by atoms with Gasteiger partial charge in [-0.25, -0.2) is 9.37 Å². The Kier molecular flexibility index (Phi) is 3.27. The number of amides is 1. The van der Waals surface area contributed by atoms with Gasteiger partial charge in [-0.3, -0.25) is 9.89 Å². The van der Waals surface area contributed by atoms with E-state index in [-0.39, 0.29) is 16.8 Å². The minimum absolute atomic E-state index is 0.00177. The fourth-order valence-electron chi connectivity index (χ4n) is 3.09. The Morgan fingerprint density at radius 2 is 2.19 bits per heavy atom. The van der Waals surface area contributed by atoms with Crippen LogP contribution in [0.3, 0.4) is 0 Å². The summed E-state index contributed by atoms with van der Waals surface area (Å²) in [5, 5.41) is 10.3. The Hall–Kier alpha value is -2.93. The van der Waals surface area contributed by atoms with Crippen LogP contribution < -0.4 is 5.32 Å². The number of halogens is 2. The number of anilines is 1. The van der Waals surface area contributed by atoms with Crippen molar-refractivity contribution in [3.8, 4) is 11.1 Å². The maximum Gasteiger partial charge on any atom is 0.228 e. The van der Waals surface area contributed by atoms with E-state index in [1.54, 1.807) is 22.9 Å². The smallest absolute Gasteiger partial charge is 0.228 e. The van der Waals surface area contributed by atoms with E-state index in [2.05, 4.69) is 20.5 Å². The third-order valence-electron chi connectivity index (χ3n) is 4.58. The van der Waals surface area contributed by atoms with Gasteiger partial charge < -0.3 is 9.72 Å². The molecule has 0 aliphatic heterocycles. The molecule has 1 saturated carbocycles. The van der Waals surface area contributed by atoms with Crippen LogP contribution in [0, 0.1) is 11.7 Å². The zero-order valence-corrected chi connectivity index (χ0v) is 14.2. The first-order valence-corrected chi connectivity index (χ1v) is 8.59. The Balaban J connectivity index is 1.60. The monoisotopic (exact) mass is 369 g/mol. The molecular formula is C18H13ClFN5O. The summed E-state index contributed by atoms with van der Waals surface area (Å²) in [5.74, 6) is 0.0946. The molecule has 26 heavy (non-hydrogen) atoms. The highest BCUT2D eigenvalue weighted by Gasteiger charge is 2.30. The lowest BCUT2D eigenvalue weighted by Gasteiger charge is -2.08. The summed E-state index contributed by atoms with van der Waals surface area (Å²) < 4.78 is 16.0. The van der Waals surface area contributed by atoms with Gasteiger partial charge in [0.2, 0.25) is 5.91 Å². The van der Waals surface area contributed by atoms with Gasteiger partial charge in [-0.05, 0) is 25.0 Å². The van der Waals surface area contributed by atoms with Crippen LogP contribution in [-0.4, -0.2) is 25.5 Å². The molecule has 5 rings (SSSR count). The number of H-pyrrole nitrogens is 1. The average molecular weight is 370 g/mol. The molecule has 1 amide bonds. The Morgan fingerprint density at radius 1 is 1.35 bits per heavy atom. The summed E-state index contributed by atoms with van der Waals surface area (Å²) >= 11 is 6.23. The number of carbonyl (C=O) groups excluding carboxylic acids is 1. The molecule has 4 aromatic rings. The largest absolute Gasteiger partial charge is 0.309 e. The zero-order valence-electron chi connectivity index (χ0n) is 13.5. The van der Waals surface area contributed by atoms with E-state index < -0.39 is 5.82 Å². The van der Waals surface area contributed by atoms with E-state index in [0.29, 0.717) is 22.5 Å². The third kappa shape index (κ3) is 2.43. The standard InChI is InChI=1S/C18H13ClFN5O/c19-17-12(20)5-13-11(6-21-24-13)16(17)10-3-4-15-22-14(8-25(15)7-10)23-18(26)9-1-2-9/h3-9H,1-2H2,(H,21,24)(H,23,26). The van der Waals surface area contributed by atoms with Crippen LogP contribution in [0.1, 0.15) is 12.8 Å². The molecule has 0 unspecified atom stereocenters. The molecule has 0 bridgehead atoms. The second-order valence-corrected chi connectivity index (χ2v) is 6.83. The van der Waals surface area contributed by atoms with Crippen LogP contribution in [0.4, 0.5) is 10.2 Å². The summed E-state index contributed by atoms with van der Waals surface area (Å²) in [6, 6.07) is 4.95. The molecule has 0 saturated heterocycles. The van der Waals surface area contributed by atoms with Crippen molar-refractivity contribution in [1.82, 2.24) is 19.6 Å². The molecule has 3 aromatic heterocycles. The van der Waals surface area contributed by atoms with Crippen molar-refractivity contribution in [3.05, 3.63) is 47.6 Å². The number of hydrogen-bond acceptors (Lipinski definition) is 3. The molecule has 0 spiro atoms. The van der Waals surface area contributed by atoms with E-state index in [1.807, 2.05) is 12.3 Å². The number of nitrogens with zero attached hydrogens (tertiary/aromatic N) is 3. The number of rotatable bonds is 3. The second kappa shape index (κ2) is 5.54. The molecule has 1 aromatic carbocycles. The van der Waals surface area contributed by atoms with Crippen LogP contribution in [-0.2, 0) is 4.79 Å². The Morgan fingerprint density at radius 3 is 3.00 bits per heavy atom. The molecule has 0 radical (unpaired) electrons. The first-order valence-electron chi connectivity index (χ1n) is 8.21. The van der Waals surface area contributed by atoms with E-state index in [9.17, 15) is 9.18 Å². The van der Waals surface area contributed by atoms with Crippen LogP contribution in [0.25, 0.3) is 27.7 Å². The van der Waals surface area contributed by atoms with Gasteiger partial charge in [0.1, 0.15) is 11.5 Å². The van der Waals surface area contributed by atoms with E-state index in [0.717, 1.165) is 23.8 Å². The molecule has 2 N–H and O–H groups in total. The van der Waals surface area contributed by atoms with Gasteiger partial charge in [-0.1, -0.05) is 11.6 Å². The second-order valence-electron chi connectivity index (χ2n) is 6.45. The number of imidazole rings is 1. The molecule has 130 valence electrons. The molecular weight excluding hydrogens is 357 g/mol. The van der Waals surface area contributed by atoms with Crippen molar-refractivity contribution >= 4 is 39.9 Å². The van der Waals surface area contributed by atoms with E-state index in [4.69, 9.17) is 11.6 Å². The van der Waals surface area contributed by atoms with Crippen LogP contribution in [0.15, 0.2) is 36.8 Å². The van der Waals surface area contributed by atoms with Crippen molar-refractivity contribution in [1.29, 1.82) is 0 Å². The Bertz CT molecular complexity index is 1180. The van der Waals surface area contributed by atoms with Crippen LogP contribution in [0.2, 0.25) is 5.02 Å². The third-order valence-corrected chi connectivity index (χ3v) is 4.95. The van der Waals surface area contributed by atoms with Crippen molar-refractivity contribution in [2.75, 3.05) is 5.32 Å². The molecule has 8 heteroatoms. The number of pyridine rings is 1. The molecule has 1 fully saturated rings. The summed E-state index contributed by atoms with van der Waals surface area (Å²) in [7, 11) is 0. The van der Waals surface area contributed by atoms with Gasteiger partial charge in [0.25, 0.3) is 0 Å². The van der Waals surface area contributed by atoms with Gasteiger partial charge in [0.15, 0.2) is 5.82 Å². The Labute approximate surface area is 152 Å². The molecule has 3 heterocycles. The molecule has 1 aliphatic rings. The van der Waals surface area contributed by atoms with Crippen molar-refractivity contribution < 1.29 is 9.18 Å². The molecule has 1 aliphatic carbocycles. The fourth-order valence-corrected chi connectivity index (χ4v) is 3.35. The number of benzene rings is 1. The first kappa shape index (κ1) is 15.3. The normalized spacial score (nSPS) is 14.2. The van der Waals surface area contributed by atoms with Gasteiger partial charge in [0, 0.05) is 34.7 Å². The summed E-state index contributed by atoms with van der Waals surface area (Å²) in [6.07, 6.45) is 7.03. The summed E-state index contributed by atoms with van der Waals surface area (Å²) in [6.45, 7) is 0. The van der Waals surface area contributed by atoms with Gasteiger partial charge in [-0.15, -0.1) is 0 Å². The quantitative estimate of drug-likeness (QED) is 0.572. The van der Waals surface area contributed by atoms with E-state index >= 15 is 0 Å². The highest BCUT2D eigenvalue weighted by molar-refractivity contribution is 6.35. The topological polar surface area (TPSA) is 75.1 Å². The molecule has 6 nitrogen and oxygen atoms in total. The van der Waals surface area contributed by atoms with Crippen molar-refractivity contribution in [2.24, 2.45) is 5.92 Å². The maximum absolute atomic E-state index is 14.2. The number of carbonyl (C=O) groups is 1. The molecule has 0 atom stereocenters. The minimum Gasteiger partial charge on any atom is -0.309 e. The lowest BCUT2D eigenvalue weighted by molar-refractivity contribution is -0.117. The number of aromatic nitrogens is 4. The lowest BCUT2D eigenvalue weighted by atomic mass is 10.0. The average Bonchev–Trinajstić information content (AvgIpc) is 3.25. The van der Waals surface area contributed by atoms with Crippen LogP contribution >= 0.6 is 11.6 Å². The maximum atomic E-state index is 14.2. The van der Waals surface area contributed by atoms with E-state index in [1.165, 1.54) is 6.07 Å². The van der Waals surface area contributed by atoms with Gasteiger partial charge in [0.05, 0.1) is 22.9 Å². The summed E-state index contributed by atoms with van der Waals surface area (Å²) in [4.78, 5) is 16.3. The predicted octanol–water partition coefficient (Wildman–Crippen LogP) is 4.02. The van der Waals surface area contributed by atoms with Gasteiger partial charge in [-0.2, -0.15) is 5.10 Å². The lowest BCUT2D eigenvalue weighted by Crippen LogP contribution is -2.13. The number of aromatic amines is 1. The van der Waals surface area contributed by atoms with Crippen molar-refractivity contribution in [3.63, 3.8) is 0 Å². The highest BCUT2D eigenvalue weighted by atomic mass is 35.5. The number of hydrogen-bond donors (Lipinski definition) is 2. The SMILES string of the molecule is O=C(Nc1cn2cc(-c3c(Cl)c(F)cc4[nH]ncc34)ccc2n1)C1CC1. The van der Waals surface area contributed by atoms with Gasteiger partial charge >= 0.3 is 0 Å². The van der Waals surface area contributed by atoms with Crippen molar-refractivity contribution in [2.45, 2.75) is 12.8 Å². The number of fused-ring (bicyclic) bond motifs is 2. The summed E-state index contributed by atoms with van der Waals surface area (Å²) in [5.41, 5.74) is 2.54.